The van der Waals surface area contributed by atoms with E-state index in [2.05, 4.69) is 5.10 Å². The highest BCUT2D eigenvalue weighted by Gasteiger charge is 2.17. The van der Waals surface area contributed by atoms with Crippen molar-refractivity contribution in [2.75, 3.05) is 0 Å². The van der Waals surface area contributed by atoms with E-state index in [4.69, 9.17) is 32.7 Å². The van der Waals surface area contributed by atoms with Crippen molar-refractivity contribution in [2.24, 2.45) is 7.05 Å². The van der Waals surface area contributed by atoms with Crippen molar-refractivity contribution in [3.05, 3.63) is 88.5 Å². The molecule has 7 heteroatoms. The summed E-state index contributed by atoms with van der Waals surface area (Å²) in [5.41, 5.74) is 2.00. The molecule has 1 aromatic heterocycles. The molecule has 0 spiro atoms. The lowest BCUT2D eigenvalue weighted by Gasteiger charge is -2.10. The molecule has 4 rings (SSSR count). The Balaban J connectivity index is 1.56. The predicted molar refractivity (Wildman–Crippen MR) is 118 cm³/mol. The lowest BCUT2D eigenvalue weighted by molar-refractivity contribution is 0.304. The van der Waals surface area contributed by atoms with E-state index in [1.54, 1.807) is 48.3 Å². The smallest absolute Gasteiger partial charge is 0.173 e. The molecule has 5 nitrogen and oxygen atoms in total. The SMILES string of the molecule is Cn1cc(Oc2ccccc2Cl)c(-c2ccc(OCc3ccc(Cl)cc3)cc2O)n1. The van der Waals surface area contributed by atoms with Crippen LogP contribution < -0.4 is 9.47 Å². The zero-order chi connectivity index (χ0) is 21.1. The Bertz CT molecular complexity index is 1170. The molecule has 0 aliphatic rings. The van der Waals surface area contributed by atoms with E-state index in [0.717, 1.165) is 5.56 Å². The van der Waals surface area contributed by atoms with Crippen LogP contribution in [0.15, 0.2) is 72.9 Å². The van der Waals surface area contributed by atoms with Gasteiger partial charge in [0.25, 0.3) is 0 Å². The standard InChI is InChI=1S/C23H18Cl2N2O3/c1-27-13-22(30-21-5-3-2-4-19(21)25)23(26-27)18-11-10-17(12-20(18)28)29-14-15-6-8-16(24)9-7-15/h2-13,28H,14H2,1H3. The molecule has 1 N–H and O–H groups in total. The fraction of sp³-hybridized carbons (Fsp3) is 0.0870. The number of nitrogens with zero attached hydrogens (tertiary/aromatic N) is 2. The van der Waals surface area contributed by atoms with E-state index in [9.17, 15) is 5.11 Å². The normalized spacial score (nSPS) is 10.8. The Kier molecular flexibility index (Phi) is 5.84. The molecule has 30 heavy (non-hydrogen) atoms. The van der Waals surface area contributed by atoms with Gasteiger partial charge in [0.1, 0.15) is 29.5 Å². The number of para-hydroxylation sites is 1. The van der Waals surface area contributed by atoms with Gasteiger partial charge in [-0.15, -0.1) is 0 Å². The van der Waals surface area contributed by atoms with Crippen molar-refractivity contribution < 1.29 is 14.6 Å². The van der Waals surface area contributed by atoms with Crippen LogP contribution in [0.25, 0.3) is 11.3 Å². The van der Waals surface area contributed by atoms with Crippen LogP contribution in [0.3, 0.4) is 0 Å². The molecule has 0 fully saturated rings. The van der Waals surface area contributed by atoms with E-state index >= 15 is 0 Å². The highest BCUT2D eigenvalue weighted by molar-refractivity contribution is 6.32. The number of halogens is 2. The Morgan fingerprint density at radius 2 is 1.73 bits per heavy atom. The first-order valence-electron chi connectivity index (χ1n) is 9.16. The minimum absolute atomic E-state index is 0.0336. The summed E-state index contributed by atoms with van der Waals surface area (Å²) in [6.45, 7) is 0.362. The highest BCUT2D eigenvalue weighted by Crippen LogP contribution is 2.39. The molecule has 0 unspecified atom stereocenters. The quantitative estimate of drug-likeness (QED) is 0.373. The molecule has 0 saturated carbocycles. The van der Waals surface area contributed by atoms with Gasteiger partial charge < -0.3 is 14.6 Å². The summed E-state index contributed by atoms with van der Waals surface area (Å²) < 4.78 is 13.3. The number of ether oxygens (including phenoxy) is 2. The summed E-state index contributed by atoms with van der Waals surface area (Å²) in [5.74, 6) is 1.56. The number of aromatic hydroxyl groups is 1. The molecule has 0 aliphatic heterocycles. The van der Waals surface area contributed by atoms with Gasteiger partial charge in [-0.05, 0) is 42.0 Å². The fourth-order valence-corrected chi connectivity index (χ4v) is 3.22. The van der Waals surface area contributed by atoms with Crippen LogP contribution in [0.5, 0.6) is 23.0 Å². The molecule has 4 aromatic rings. The van der Waals surface area contributed by atoms with Gasteiger partial charge >= 0.3 is 0 Å². The number of aryl methyl sites for hydroxylation is 1. The van der Waals surface area contributed by atoms with Crippen molar-refractivity contribution in [3.8, 4) is 34.3 Å². The Morgan fingerprint density at radius 1 is 0.967 bits per heavy atom. The van der Waals surface area contributed by atoms with Gasteiger partial charge in [-0.1, -0.05) is 47.5 Å². The molecular formula is C23H18Cl2N2O3. The van der Waals surface area contributed by atoms with Crippen molar-refractivity contribution in [1.29, 1.82) is 0 Å². The average Bonchev–Trinajstić information content (AvgIpc) is 3.09. The van der Waals surface area contributed by atoms with Crippen molar-refractivity contribution >= 4 is 23.2 Å². The van der Waals surface area contributed by atoms with Gasteiger partial charge in [-0.3, -0.25) is 4.68 Å². The van der Waals surface area contributed by atoms with Gasteiger partial charge in [0.2, 0.25) is 0 Å². The summed E-state index contributed by atoms with van der Waals surface area (Å²) in [6, 6.07) is 19.7. The second-order valence-corrected chi connectivity index (χ2v) is 7.49. The number of benzene rings is 3. The summed E-state index contributed by atoms with van der Waals surface area (Å²) in [7, 11) is 1.78. The van der Waals surface area contributed by atoms with Crippen molar-refractivity contribution in [3.63, 3.8) is 0 Å². The number of aromatic nitrogens is 2. The Morgan fingerprint density at radius 3 is 2.47 bits per heavy atom. The minimum Gasteiger partial charge on any atom is -0.507 e. The van der Waals surface area contributed by atoms with Crippen LogP contribution in [0.1, 0.15) is 5.56 Å². The first-order chi connectivity index (χ1) is 14.5. The average molecular weight is 441 g/mol. The zero-order valence-electron chi connectivity index (χ0n) is 16.0. The van der Waals surface area contributed by atoms with Gasteiger partial charge in [-0.25, -0.2) is 0 Å². The molecule has 0 aliphatic carbocycles. The van der Waals surface area contributed by atoms with E-state index < -0.39 is 0 Å². The molecule has 0 saturated heterocycles. The topological polar surface area (TPSA) is 56.5 Å². The van der Waals surface area contributed by atoms with Crippen LogP contribution in [-0.2, 0) is 13.7 Å². The van der Waals surface area contributed by atoms with Crippen LogP contribution in [0.2, 0.25) is 10.0 Å². The lowest BCUT2D eigenvalue weighted by Crippen LogP contribution is -1.95. The van der Waals surface area contributed by atoms with E-state index in [1.807, 2.05) is 36.4 Å². The summed E-state index contributed by atoms with van der Waals surface area (Å²) >= 11 is 12.1. The molecule has 0 radical (unpaired) electrons. The predicted octanol–water partition coefficient (Wildman–Crippen LogP) is 6.47. The third-order valence-electron chi connectivity index (χ3n) is 4.39. The third-order valence-corrected chi connectivity index (χ3v) is 4.96. The Labute approximate surface area is 184 Å². The van der Waals surface area contributed by atoms with E-state index in [1.165, 1.54) is 0 Å². The van der Waals surface area contributed by atoms with Crippen LogP contribution in [0, 0.1) is 0 Å². The number of rotatable bonds is 6. The molecule has 152 valence electrons. The highest BCUT2D eigenvalue weighted by atomic mass is 35.5. The van der Waals surface area contributed by atoms with E-state index in [0.29, 0.717) is 45.2 Å². The largest absolute Gasteiger partial charge is 0.507 e. The molecular weight excluding hydrogens is 423 g/mol. The maximum absolute atomic E-state index is 10.6. The molecule has 1 heterocycles. The maximum atomic E-state index is 10.6. The molecule has 0 amide bonds. The number of hydrogen-bond acceptors (Lipinski definition) is 4. The van der Waals surface area contributed by atoms with Gasteiger partial charge in [-0.2, -0.15) is 5.10 Å². The maximum Gasteiger partial charge on any atom is 0.173 e. The summed E-state index contributed by atoms with van der Waals surface area (Å²) in [4.78, 5) is 0. The van der Waals surface area contributed by atoms with Crippen LogP contribution >= 0.6 is 23.2 Å². The van der Waals surface area contributed by atoms with Crippen LogP contribution in [0.4, 0.5) is 0 Å². The molecule has 0 bridgehead atoms. The third kappa shape index (κ3) is 4.53. The monoisotopic (exact) mass is 440 g/mol. The summed E-state index contributed by atoms with van der Waals surface area (Å²) in [6.07, 6.45) is 1.73. The van der Waals surface area contributed by atoms with E-state index in [-0.39, 0.29) is 5.75 Å². The van der Waals surface area contributed by atoms with Gasteiger partial charge in [0.15, 0.2) is 5.75 Å². The van der Waals surface area contributed by atoms with Gasteiger partial charge in [0.05, 0.1) is 11.2 Å². The minimum atomic E-state index is 0.0336. The number of phenols is 1. The first-order valence-corrected chi connectivity index (χ1v) is 9.92. The summed E-state index contributed by atoms with van der Waals surface area (Å²) in [5, 5.41) is 16.2. The molecule has 3 aromatic carbocycles. The first kappa shape index (κ1) is 20.1. The molecule has 0 atom stereocenters. The van der Waals surface area contributed by atoms with Gasteiger partial charge in [0, 0.05) is 23.7 Å². The van der Waals surface area contributed by atoms with Crippen molar-refractivity contribution in [2.45, 2.75) is 6.61 Å². The van der Waals surface area contributed by atoms with Crippen LogP contribution in [-0.4, -0.2) is 14.9 Å². The Hall–Kier alpha value is -3.15. The van der Waals surface area contributed by atoms with Crippen molar-refractivity contribution in [1.82, 2.24) is 9.78 Å². The zero-order valence-corrected chi connectivity index (χ0v) is 17.6. The fourth-order valence-electron chi connectivity index (χ4n) is 2.92. The second-order valence-electron chi connectivity index (χ2n) is 6.64. The second kappa shape index (κ2) is 8.69. The lowest BCUT2D eigenvalue weighted by atomic mass is 10.1. The number of hydrogen-bond donors (Lipinski definition) is 1. The number of phenolic OH excluding ortho intramolecular Hbond substituents is 1.